The fourth-order valence-electron chi connectivity index (χ4n) is 6.87. The van der Waals surface area contributed by atoms with Crippen LogP contribution in [0.5, 0.6) is 0 Å². The molecule has 6 heterocycles. The summed E-state index contributed by atoms with van der Waals surface area (Å²) in [4.78, 5) is 46.8. The van der Waals surface area contributed by atoms with Crippen molar-refractivity contribution in [2.75, 3.05) is 13.7 Å². The average Bonchev–Trinajstić information content (AvgIpc) is 3.92. The molecule has 0 saturated heterocycles. The number of allylic oxidation sites excluding steroid dienone is 5. The summed E-state index contributed by atoms with van der Waals surface area (Å²) >= 11 is 0. The molecule has 10 nitrogen and oxygen atoms in total. The van der Waals surface area contributed by atoms with E-state index in [0.29, 0.717) is 25.8 Å². The van der Waals surface area contributed by atoms with Crippen LogP contribution in [-0.4, -0.2) is 55.0 Å². The summed E-state index contributed by atoms with van der Waals surface area (Å²) in [6, 6.07) is 8.22. The van der Waals surface area contributed by atoms with E-state index in [2.05, 4.69) is 79.3 Å². The normalized spacial score (nSPS) is 12.5. The number of imidazole rings is 1. The number of H-pyrrole nitrogens is 2. The van der Waals surface area contributed by atoms with Gasteiger partial charge in [-0.3, -0.25) is 9.59 Å². The van der Waals surface area contributed by atoms with Crippen LogP contribution in [0.25, 0.3) is 50.4 Å². The first kappa shape index (κ1) is 38.0. The van der Waals surface area contributed by atoms with Crippen molar-refractivity contribution in [2.24, 2.45) is 0 Å². The van der Waals surface area contributed by atoms with E-state index in [1.165, 1.54) is 7.11 Å². The number of hydrogen-bond donors (Lipinski definition) is 3. The van der Waals surface area contributed by atoms with E-state index in [9.17, 15) is 9.59 Å². The van der Waals surface area contributed by atoms with Crippen LogP contribution in [0.4, 0.5) is 0 Å². The average molecular weight is 740 g/mol. The molecule has 8 bridgehead atoms. The first-order valence-corrected chi connectivity index (χ1v) is 17.3. The van der Waals surface area contributed by atoms with E-state index in [4.69, 9.17) is 14.7 Å². The minimum atomic E-state index is -0.274. The van der Waals surface area contributed by atoms with Gasteiger partial charge in [0.05, 0.1) is 36.2 Å². The third kappa shape index (κ3) is 7.81. The van der Waals surface area contributed by atoms with Crippen LogP contribution in [0.15, 0.2) is 62.2 Å². The standard InChI is InChI=1S/C41H45N7O3.Fe/c1-8-28-24(3)32-19-33-27(6)31(12-14-41(50)51-7)39(46-33)22-38-30(11-13-40(49)43-15-10-17-48-18-16-42-23-48)26(5)35(47-38)21-37-29(9-2)25(4)34(45-37)20-36(28)44-32;/h8-9,16,18-23,45-46H,1-2,10-15,17H2,3-7H3,(H,43,49);. The van der Waals surface area contributed by atoms with Crippen molar-refractivity contribution in [1.82, 2.24) is 34.8 Å². The van der Waals surface area contributed by atoms with Gasteiger partial charge in [-0.2, -0.15) is 0 Å². The van der Waals surface area contributed by atoms with Crippen molar-refractivity contribution in [1.29, 1.82) is 0 Å². The molecule has 0 unspecified atom stereocenters. The Morgan fingerprint density at radius 3 is 2.23 bits per heavy atom. The number of amides is 1. The largest absolute Gasteiger partial charge is 0.469 e. The Labute approximate surface area is 314 Å². The number of nitrogens with one attached hydrogen (secondary N) is 3. The second-order valence-corrected chi connectivity index (χ2v) is 13.0. The summed E-state index contributed by atoms with van der Waals surface area (Å²) in [6.07, 6.45) is 11.5. The van der Waals surface area contributed by atoms with Crippen molar-refractivity contribution in [3.8, 4) is 0 Å². The smallest absolute Gasteiger partial charge is 0.305 e. The molecule has 52 heavy (non-hydrogen) atoms. The van der Waals surface area contributed by atoms with Gasteiger partial charge in [-0.05, 0) is 105 Å². The number of aryl methyl sites for hydroxylation is 4. The molecule has 11 heteroatoms. The van der Waals surface area contributed by atoms with Gasteiger partial charge < -0.3 is 24.6 Å². The first-order valence-electron chi connectivity index (χ1n) is 17.3. The van der Waals surface area contributed by atoms with E-state index in [1.54, 1.807) is 12.5 Å². The van der Waals surface area contributed by atoms with Crippen molar-refractivity contribution < 1.29 is 31.4 Å². The molecule has 2 aliphatic rings. The Morgan fingerprint density at radius 2 is 1.52 bits per heavy atom. The van der Waals surface area contributed by atoms with Crippen LogP contribution in [0, 0.1) is 13.8 Å². The number of aromatic amines is 2. The first-order chi connectivity index (χ1) is 24.6. The van der Waals surface area contributed by atoms with Crippen molar-refractivity contribution in [3.63, 3.8) is 0 Å². The van der Waals surface area contributed by atoms with Gasteiger partial charge in [0.2, 0.25) is 5.91 Å². The molecule has 270 valence electrons. The molecule has 2 aliphatic heterocycles. The number of esters is 1. The monoisotopic (exact) mass is 739 g/mol. The quantitative estimate of drug-likeness (QED) is 0.0770. The number of nitrogens with zero attached hydrogens (tertiary/aromatic N) is 4. The fourth-order valence-corrected chi connectivity index (χ4v) is 6.87. The van der Waals surface area contributed by atoms with Crippen LogP contribution in [0.2, 0.25) is 0 Å². The van der Waals surface area contributed by atoms with Crippen LogP contribution in [0.1, 0.15) is 84.6 Å². The van der Waals surface area contributed by atoms with E-state index >= 15 is 0 Å². The van der Waals surface area contributed by atoms with Gasteiger partial charge in [0.15, 0.2) is 0 Å². The number of methoxy groups -OCH3 is 1. The molecule has 0 saturated carbocycles. The zero-order chi connectivity index (χ0) is 36.2. The number of rotatable bonds is 12. The third-order valence-corrected chi connectivity index (χ3v) is 9.93. The minimum absolute atomic E-state index is 0. The molecule has 0 radical (unpaired) electrons. The second-order valence-electron chi connectivity index (χ2n) is 13.0. The molecule has 0 spiro atoms. The molecule has 3 N–H and O–H groups in total. The Balaban J connectivity index is 0.00000523. The molecular formula is C41H45FeN7O3. The van der Waals surface area contributed by atoms with Crippen molar-refractivity contribution in [3.05, 3.63) is 107 Å². The van der Waals surface area contributed by atoms with Crippen LogP contribution < -0.4 is 5.32 Å². The molecule has 6 rings (SSSR count). The van der Waals surface area contributed by atoms with E-state index < -0.39 is 0 Å². The number of ether oxygens (including phenoxy) is 1. The minimum Gasteiger partial charge on any atom is -0.469 e. The Bertz CT molecular complexity index is 2270. The maximum atomic E-state index is 13.0. The SMILES string of the molecule is C=CC1=C(C)c2cc3[nH]c(cc4nc(cc5[nH]c(cc1n2)c(C)c5C=C)C(C)=C4CCC(=O)NCCCn1ccnc1)c(CCC(=O)OC)c3C.[Fe]. The van der Waals surface area contributed by atoms with Gasteiger partial charge >= 0.3 is 5.97 Å². The summed E-state index contributed by atoms with van der Waals surface area (Å²) in [5.41, 5.74) is 14.9. The molecule has 0 aromatic carbocycles. The predicted molar refractivity (Wildman–Crippen MR) is 205 cm³/mol. The molecule has 0 aliphatic carbocycles. The third-order valence-electron chi connectivity index (χ3n) is 9.93. The van der Waals surface area contributed by atoms with Gasteiger partial charge in [0.25, 0.3) is 0 Å². The second kappa shape index (κ2) is 16.4. The molecular weight excluding hydrogens is 694 g/mol. The summed E-state index contributed by atoms with van der Waals surface area (Å²) in [5, 5.41) is 3.07. The van der Waals surface area contributed by atoms with Gasteiger partial charge in [0.1, 0.15) is 0 Å². The van der Waals surface area contributed by atoms with Crippen LogP contribution in [0.3, 0.4) is 0 Å². The number of aromatic nitrogens is 6. The van der Waals surface area contributed by atoms with Gasteiger partial charge in [-0.1, -0.05) is 25.3 Å². The summed E-state index contributed by atoms with van der Waals surface area (Å²) < 4.78 is 6.99. The van der Waals surface area contributed by atoms with Crippen molar-refractivity contribution in [2.45, 2.75) is 66.3 Å². The van der Waals surface area contributed by atoms with Gasteiger partial charge in [-0.15, -0.1) is 0 Å². The van der Waals surface area contributed by atoms with Gasteiger partial charge in [0, 0.05) is 88.6 Å². The number of fused-ring (bicyclic) bond motifs is 8. The number of carbonyl (C=O) groups is 2. The maximum absolute atomic E-state index is 13.0. The summed E-state index contributed by atoms with van der Waals surface area (Å²) in [7, 11) is 1.41. The summed E-state index contributed by atoms with van der Waals surface area (Å²) in [5.74, 6) is -0.281. The van der Waals surface area contributed by atoms with Crippen molar-refractivity contribution >= 4 is 62.3 Å². The topological polar surface area (TPSA) is 131 Å². The number of carbonyl (C=O) groups excluding carboxylic acids is 2. The molecule has 4 aromatic heterocycles. The van der Waals surface area contributed by atoms with E-state index in [0.717, 1.165) is 102 Å². The fraction of sp³-hybridized carbons (Fsp3) is 0.293. The molecule has 1 amide bonds. The molecule has 0 fully saturated rings. The Hall–Kier alpha value is -5.25. The Kier molecular flexibility index (Phi) is 12.0. The van der Waals surface area contributed by atoms with Crippen LogP contribution >= 0.6 is 0 Å². The predicted octanol–water partition coefficient (Wildman–Crippen LogP) is 7.91. The van der Waals surface area contributed by atoms with Gasteiger partial charge in [-0.25, -0.2) is 15.0 Å². The Morgan fingerprint density at radius 1 is 0.846 bits per heavy atom. The number of hydrogen-bond acceptors (Lipinski definition) is 6. The summed E-state index contributed by atoms with van der Waals surface area (Å²) in [6.45, 7) is 17.8. The van der Waals surface area contributed by atoms with E-state index in [1.807, 2.05) is 29.0 Å². The zero-order valence-electron chi connectivity index (χ0n) is 30.4. The molecule has 0 atom stereocenters. The van der Waals surface area contributed by atoms with Crippen LogP contribution in [-0.2, 0) is 44.4 Å². The molecule has 4 aromatic rings. The van der Waals surface area contributed by atoms with E-state index in [-0.39, 0.29) is 35.4 Å². The maximum Gasteiger partial charge on any atom is 0.305 e. The zero-order valence-corrected chi connectivity index (χ0v) is 31.5.